The first-order chi connectivity index (χ1) is 5.52. The Balaban J connectivity index is 2.30. The molecular formula is C11H20O. The van der Waals surface area contributed by atoms with Crippen LogP contribution in [-0.4, -0.2) is 5.78 Å². The third-order valence-electron chi connectivity index (χ3n) is 3.09. The van der Waals surface area contributed by atoms with E-state index in [0.717, 1.165) is 24.7 Å². The molecule has 0 bridgehead atoms. The molecule has 0 aromatic rings. The number of ketones is 1. The Morgan fingerprint density at radius 3 is 2.00 bits per heavy atom. The molecule has 1 saturated carbocycles. The van der Waals surface area contributed by atoms with Crippen molar-refractivity contribution in [3.8, 4) is 0 Å². The highest BCUT2D eigenvalue weighted by molar-refractivity contribution is 5.83. The van der Waals surface area contributed by atoms with Gasteiger partial charge in [-0.15, -0.1) is 0 Å². The molecular weight excluding hydrogens is 148 g/mol. The number of rotatable bonds is 3. The van der Waals surface area contributed by atoms with Gasteiger partial charge in [-0.2, -0.15) is 0 Å². The van der Waals surface area contributed by atoms with Crippen molar-refractivity contribution < 1.29 is 4.79 Å². The fraction of sp³-hybridized carbons (Fsp3) is 0.909. The lowest BCUT2D eigenvalue weighted by molar-refractivity contribution is -0.130. The van der Waals surface area contributed by atoms with Crippen molar-refractivity contribution in [1.29, 1.82) is 0 Å². The van der Waals surface area contributed by atoms with Crippen molar-refractivity contribution in [3.05, 3.63) is 0 Å². The maximum absolute atomic E-state index is 11.5. The lowest BCUT2D eigenvalue weighted by Gasteiger charge is -2.37. The van der Waals surface area contributed by atoms with Gasteiger partial charge in [0.15, 0.2) is 0 Å². The van der Waals surface area contributed by atoms with Crippen LogP contribution < -0.4 is 0 Å². The van der Waals surface area contributed by atoms with E-state index in [1.54, 1.807) is 0 Å². The van der Waals surface area contributed by atoms with Crippen molar-refractivity contribution in [2.24, 2.45) is 23.7 Å². The van der Waals surface area contributed by atoms with Crippen LogP contribution in [-0.2, 0) is 4.79 Å². The molecule has 0 spiro atoms. The lowest BCUT2D eigenvalue weighted by Crippen LogP contribution is -2.35. The van der Waals surface area contributed by atoms with E-state index < -0.39 is 0 Å². The molecule has 0 atom stereocenters. The molecule has 1 heteroatoms. The first-order valence-corrected chi connectivity index (χ1v) is 5.06. The Morgan fingerprint density at radius 2 is 1.67 bits per heavy atom. The SMILES string of the molecule is CC(C)C(=O)C1CC(C(C)C)C1. The Kier molecular flexibility index (Phi) is 2.92. The monoisotopic (exact) mass is 168 g/mol. The first-order valence-electron chi connectivity index (χ1n) is 5.06. The van der Waals surface area contributed by atoms with E-state index in [1.165, 1.54) is 0 Å². The molecule has 0 aromatic carbocycles. The average Bonchev–Trinajstić information content (AvgIpc) is 1.82. The van der Waals surface area contributed by atoms with Crippen molar-refractivity contribution in [2.45, 2.75) is 40.5 Å². The van der Waals surface area contributed by atoms with E-state index in [4.69, 9.17) is 0 Å². The summed E-state index contributed by atoms with van der Waals surface area (Å²) in [5.41, 5.74) is 0. The van der Waals surface area contributed by atoms with Crippen LogP contribution in [0.2, 0.25) is 0 Å². The molecule has 1 aliphatic rings. The largest absolute Gasteiger partial charge is 0.299 e. The first kappa shape index (κ1) is 9.76. The van der Waals surface area contributed by atoms with Gasteiger partial charge in [0.2, 0.25) is 0 Å². The zero-order chi connectivity index (χ0) is 9.30. The summed E-state index contributed by atoms with van der Waals surface area (Å²) < 4.78 is 0. The molecule has 12 heavy (non-hydrogen) atoms. The van der Waals surface area contributed by atoms with Crippen LogP contribution in [0, 0.1) is 23.7 Å². The molecule has 0 aromatic heterocycles. The smallest absolute Gasteiger partial charge is 0.138 e. The van der Waals surface area contributed by atoms with Gasteiger partial charge in [-0.3, -0.25) is 4.79 Å². The lowest BCUT2D eigenvalue weighted by atomic mass is 9.66. The summed E-state index contributed by atoms with van der Waals surface area (Å²) in [6.07, 6.45) is 2.30. The van der Waals surface area contributed by atoms with Gasteiger partial charge in [0.05, 0.1) is 0 Å². The van der Waals surface area contributed by atoms with Crippen LogP contribution >= 0.6 is 0 Å². The molecule has 0 heterocycles. The van der Waals surface area contributed by atoms with Gasteiger partial charge >= 0.3 is 0 Å². The fourth-order valence-corrected chi connectivity index (χ4v) is 1.91. The Labute approximate surface area is 75.5 Å². The Bertz CT molecular complexity index is 164. The Hall–Kier alpha value is -0.330. The molecule has 1 fully saturated rings. The molecule has 0 N–H and O–H groups in total. The number of Topliss-reactive ketones (excluding diaryl/α,β-unsaturated/α-hetero) is 1. The van der Waals surface area contributed by atoms with Gasteiger partial charge in [-0.25, -0.2) is 0 Å². The summed E-state index contributed by atoms with van der Waals surface area (Å²) >= 11 is 0. The van der Waals surface area contributed by atoms with Crippen LogP contribution in [0.25, 0.3) is 0 Å². The van der Waals surface area contributed by atoms with Gasteiger partial charge in [-0.1, -0.05) is 27.7 Å². The van der Waals surface area contributed by atoms with Crippen LogP contribution in [0.15, 0.2) is 0 Å². The maximum atomic E-state index is 11.5. The van der Waals surface area contributed by atoms with Crippen molar-refractivity contribution in [2.75, 3.05) is 0 Å². The summed E-state index contributed by atoms with van der Waals surface area (Å²) in [5, 5.41) is 0. The van der Waals surface area contributed by atoms with Crippen molar-refractivity contribution >= 4 is 5.78 Å². The minimum Gasteiger partial charge on any atom is -0.299 e. The summed E-state index contributed by atoms with van der Waals surface area (Å²) in [7, 11) is 0. The minimum atomic E-state index is 0.239. The molecule has 1 nitrogen and oxygen atoms in total. The molecule has 0 radical (unpaired) electrons. The van der Waals surface area contributed by atoms with Gasteiger partial charge in [0.25, 0.3) is 0 Å². The van der Waals surface area contributed by atoms with E-state index >= 15 is 0 Å². The van der Waals surface area contributed by atoms with Crippen molar-refractivity contribution in [3.63, 3.8) is 0 Å². The second-order valence-electron chi connectivity index (χ2n) is 4.73. The summed E-state index contributed by atoms with van der Waals surface area (Å²) in [6, 6.07) is 0. The van der Waals surface area contributed by atoms with Crippen molar-refractivity contribution in [1.82, 2.24) is 0 Å². The molecule has 0 saturated heterocycles. The highest BCUT2D eigenvalue weighted by Crippen LogP contribution is 2.40. The molecule has 0 amide bonds. The van der Waals surface area contributed by atoms with Gasteiger partial charge in [0.1, 0.15) is 5.78 Å². The van der Waals surface area contributed by atoms with E-state index in [-0.39, 0.29) is 5.92 Å². The number of carbonyl (C=O) groups excluding carboxylic acids is 1. The van der Waals surface area contributed by atoms with Crippen LogP contribution in [0.1, 0.15) is 40.5 Å². The van der Waals surface area contributed by atoms with E-state index in [9.17, 15) is 4.79 Å². The van der Waals surface area contributed by atoms with Gasteiger partial charge < -0.3 is 0 Å². The molecule has 0 aliphatic heterocycles. The summed E-state index contributed by atoms with van der Waals surface area (Å²) in [5.74, 6) is 2.70. The minimum absolute atomic E-state index is 0.239. The normalized spacial score (nSPS) is 29.2. The summed E-state index contributed by atoms with van der Waals surface area (Å²) in [4.78, 5) is 11.5. The topological polar surface area (TPSA) is 17.1 Å². The predicted molar refractivity (Wildman–Crippen MR) is 50.9 cm³/mol. The molecule has 1 aliphatic carbocycles. The van der Waals surface area contributed by atoms with Gasteiger partial charge in [0, 0.05) is 11.8 Å². The second kappa shape index (κ2) is 3.59. The highest BCUT2D eigenvalue weighted by atomic mass is 16.1. The average molecular weight is 168 g/mol. The van der Waals surface area contributed by atoms with E-state index in [0.29, 0.717) is 11.7 Å². The standard InChI is InChI=1S/C11H20O/c1-7(2)9-5-10(6-9)11(12)8(3)4/h7-10H,5-6H2,1-4H3. The number of carbonyl (C=O) groups is 1. The van der Waals surface area contributed by atoms with Crippen LogP contribution in [0.4, 0.5) is 0 Å². The van der Waals surface area contributed by atoms with Crippen LogP contribution in [0.5, 0.6) is 0 Å². The summed E-state index contributed by atoms with van der Waals surface area (Å²) in [6.45, 7) is 8.51. The number of hydrogen-bond donors (Lipinski definition) is 0. The van der Waals surface area contributed by atoms with Crippen LogP contribution in [0.3, 0.4) is 0 Å². The maximum Gasteiger partial charge on any atom is 0.138 e. The van der Waals surface area contributed by atoms with E-state index in [2.05, 4.69) is 13.8 Å². The van der Waals surface area contributed by atoms with E-state index in [1.807, 2.05) is 13.8 Å². The third kappa shape index (κ3) is 1.88. The molecule has 1 rings (SSSR count). The Morgan fingerprint density at radius 1 is 1.17 bits per heavy atom. The second-order valence-corrected chi connectivity index (χ2v) is 4.73. The zero-order valence-electron chi connectivity index (χ0n) is 8.63. The van der Waals surface area contributed by atoms with Gasteiger partial charge in [-0.05, 0) is 24.7 Å². The highest BCUT2D eigenvalue weighted by Gasteiger charge is 2.36. The zero-order valence-corrected chi connectivity index (χ0v) is 8.63. The molecule has 0 unspecified atom stereocenters. The third-order valence-corrected chi connectivity index (χ3v) is 3.09. The predicted octanol–water partition coefficient (Wildman–Crippen LogP) is 2.89. The fourth-order valence-electron chi connectivity index (χ4n) is 1.91. The molecule has 70 valence electrons. The number of hydrogen-bond acceptors (Lipinski definition) is 1. The quantitative estimate of drug-likeness (QED) is 0.633.